The minimum absolute atomic E-state index is 0.0912. The van der Waals surface area contributed by atoms with Gasteiger partial charge < -0.3 is 15.2 Å². The lowest BCUT2D eigenvalue weighted by molar-refractivity contribution is 0.0827. The van der Waals surface area contributed by atoms with Gasteiger partial charge in [-0.15, -0.1) is 0 Å². The van der Waals surface area contributed by atoms with Crippen LogP contribution in [0.5, 0.6) is 0 Å². The highest BCUT2D eigenvalue weighted by Gasteiger charge is 2.32. The Morgan fingerprint density at radius 2 is 2.17 bits per heavy atom. The monoisotopic (exact) mass is 279 g/mol. The van der Waals surface area contributed by atoms with Crippen LogP contribution >= 0.6 is 0 Å². The number of methoxy groups -OCH3 is 1. The zero-order valence-electron chi connectivity index (χ0n) is 11.3. The molecule has 0 aromatic carbocycles. The summed E-state index contributed by atoms with van der Waals surface area (Å²) in [5.41, 5.74) is 0. The minimum atomic E-state index is -2.97. The van der Waals surface area contributed by atoms with E-state index in [1.807, 2.05) is 0 Å². The molecule has 0 aromatic rings. The molecule has 3 atom stereocenters. The van der Waals surface area contributed by atoms with Crippen molar-refractivity contribution in [2.45, 2.75) is 37.0 Å². The molecule has 1 saturated carbocycles. The summed E-state index contributed by atoms with van der Waals surface area (Å²) in [5, 5.41) is 12.9. The molecule has 108 valence electrons. The van der Waals surface area contributed by atoms with Crippen molar-refractivity contribution in [3.05, 3.63) is 0 Å². The van der Waals surface area contributed by atoms with E-state index < -0.39 is 15.9 Å². The molecule has 5 nitrogen and oxygen atoms in total. The molecule has 0 amide bonds. The quantitative estimate of drug-likeness (QED) is 0.651. The standard InChI is InChI=1S/C12H25NO4S/c1-17-7-6-13-9-12(14)10-4-3-5-11(8-10)18(2,15)16/h10-14H,3-9H2,1-2H3. The number of nitrogens with one attached hydrogen (secondary N) is 1. The lowest BCUT2D eigenvalue weighted by atomic mass is 9.85. The second kappa shape index (κ2) is 7.43. The fraction of sp³-hybridized carbons (Fsp3) is 1.00. The van der Waals surface area contributed by atoms with Gasteiger partial charge in [0, 0.05) is 26.5 Å². The predicted molar refractivity (Wildman–Crippen MR) is 71.3 cm³/mol. The Kier molecular flexibility index (Phi) is 6.55. The summed E-state index contributed by atoms with van der Waals surface area (Å²) in [4.78, 5) is 0. The van der Waals surface area contributed by atoms with Crippen LogP contribution in [0.2, 0.25) is 0 Å². The number of sulfone groups is 1. The molecule has 0 radical (unpaired) electrons. The Labute approximate surface area is 110 Å². The number of aliphatic hydroxyl groups excluding tert-OH is 1. The molecule has 6 heteroatoms. The first kappa shape index (κ1) is 15.9. The molecule has 0 heterocycles. The molecule has 1 rings (SSSR count). The van der Waals surface area contributed by atoms with E-state index in [-0.39, 0.29) is 11.2 Å². The van der Waals surface area contributed by atoms with E-state index in [1.54, 1.807) is 7.11 Å². The molecular weight excluding hydrogens is 254 g/mol. The molecule has 2 N–H and O–H groups in total. The summed E-state index contributed by atoms with van der Waals surface area (Å²) in [5.74, 6) is 0.0912. The summed E-state index contributed by atoms with van der Waals surface area (Å²) < 4.78 is 28.0. The first-order valence-corrected chi connectivity index (χ1v) is 8.47. The van der Waals surface area contributed by atoms with E-state index in [0.29, 0.717) is 26.1 Å². The van der Waals surface area contributed by atoms with E-state index >= 15 is 0 Å². The molecule has 0 bridgehead atoms. The third-order valence-corrected chi connectivity index (χ3v) is 5.29. The van der Waals surface area contributed by atoms with Crippen molar-refractivity contribution < 1.29 is 18.3 Å². The van der Waals surface area contributed by atoms with Crippen LogP contribution in [0.25, 0.3) is 0 Å². The Bertz CT molecular complexity index is 331. The first-order chi connectivity index (χ1) is 8.45. The number of hydrogen-bond donors (Lipinski definition) is 2. The van der Waals surface area contributed by atoms with Crippen molar-refractivity contribution in [1.29, 1.82) is 0 Å². The largest absolute Gasteiger partial charge is 0.392 e. The van der Waals surface area contributed by atoms with E-state index in [0.717, 1.165) is 19.3 Å². The lowest BCUT2D eigenvalue weighted by Gasteiger charge is -2.31. The maximum Gasteiger partial charge on any atom is 0.150 e. The lowest BCUT2D eigenvalue weighted by Crippen LogP contribution is -2.39. The molecule has 0 saturated heterocycles. The number of aliphatic hydroxyl groups is 1. The highest BCUT2D eigenvalue weighted by atomic mass is 32.2. The van der Waals surface area contributed by atoms with Gasteiger partial charge in [0.15, 0.2) is 0 Å². The Morgan fingerprint density at radius 3 is 2.78 bits per heavy atom. The molecule has 18 heavy (non-hydrogen) atoms. The third-order valence-electron chi connectivity index (χ3n) is 3.65. The Hall–Kier alpha value is -0.170. The Morgan fingerprint density at radius 1 is 1.44 bits per heavy atom. The number of ether oxygens (including phenoxy) is 1. The average Bonchev–Trinajstić information content (AvgIpc) is 2.33. The summed E-state index contributed by atoms with van der Waals surface area (Å²) in [6, 6.07) is 0. The van der Waals surface area contributed by atoms with Crippen molar-refractivity contribution >= 4 is 9.84 Å². The van der Waals surface area contributed by atoms with Crippen LogP contribution in [0.15, 0.2) is 0 Å². The van der Waals surface area contributed by atoms with Gasteiger partial charge in [0.05, 0.1) is 18.0 Å². The van der Waals surface area contributed by atoms with Gasteiger partial charge in [0.1, 0.15) is 9.84 Å². The van der Waals surface area contributed by atoms with Crippen LogP contribution in [0.1, 0.15) is 25.7 Å². The predicted octanol–water partition coefficient (Wildman–Crippen LogP) is 0.187. The molecule has 1 fully saturated rings. The van der Waals surface area contributed by atoms with E-state index in [9.17, 15) is 13.5 Å². The van der Waals surface area contributed by atoms with Crippen LogP contribution in [0.3, 0.4) is 0 Å². The highest BCUT2D eigenvalue weighted by Crippen LogP contribution is 2.30. The van der Waals surface area contributed by atoms with Gasteiger partial charge in [0.25, 0.3) is 0 Å². The van der Waals surface area contributed by atoms with E-state index in [4.69, 9.17) is 4.74 Å². The topological polar surface area (TPSA) is 75.6 Å². The highest BCUT2D eigenvalue weighted by molar-refractivity contribution is 7.91. The zero-order chi connectivity index (χ0) is 13.6. The number of rotatable bonds is 7. The molecule has 1 aliphatic carbocycles. The van der Waals surface area contributed by atoms with Gasteiger partial charge >= 0.3 is 0 Å². The van der Waals surface area contributed by atoms with Crippen LogP contribution < -0.4 is 5.32 Å². The van der Waals surface area contributed by atoms with Crippen molar-refractivity contribution in [2.75, 3.05) is 33.1 Å². The van der Waals surface area contributed by atoms with Crippen molar-refractivity contribution in [3.63, 3.8) is 0 Å². The summed E-state index contributed by atoms with van der Waals surface area (Å²) in [7, 11) is -1.34. The fourth-order valence-electron chi connectivity index (χ4n) is 2.51. The van der Waals surface area contributed by atoms with Gasteiger partial charge in [-0.05, 0) is 25.2 Å². The van der Waals surface area contributed by atoms with Crippen LogP contribution in [-0.2, 0) is 14.6 Å². The smallest absolute Gasteiger partial charge is 0.150 e. The van der Waals surface area contributed by atoms with Crippen molar-refractivity contribution in [1.82, 2.24) is 5.32 Å². The number of hydrogen-bond acceptors (Lipinski definition) is 5. The first-order valence-electron chi connectivity index (χ1n) is 6.51. The van der Waals surface area contributed by atoms with Crippen molar-refractivity contribution in [3.8, 4) is 0 Å². The summed E-state index contributed by atoms with van der Waals surface area (Å²) in [6.07, 6.45) is 3.96. The zero-order valence-corrected chi connectivity index (χ0v) is 12.1. The minimum Gasteiger partial charge on any atom is -0.392 e. The summed E-state index contributed by atoms with van der Waals surface area (Å²) in [6.45, 7) is 1.82. The van der Waals surface area contributed by atoms with Gasteiger partial charge in [-0.3, -0.25) is 0 Å². The maximum absolute atomic E-state index is 11.5. The van der Waals surface area contributed by atoms with E-state index in [1.165, 1.54) is 6.26 Å². The van der Waals surface area contributed by atoms with Gasteiger partial charge in [0.2, 0.25) is 0 Å². The van der Waals surface area contributed by atoms with Crippen LogP contribution in [0, 0.1) is 5.92 Å². The van der Waals surface area contributed by atoms with Gasteiger partial charge in [-0.2, -0.15) is 0 Å². The van der Waals surface area contributed by atoms with E-state index in [2.05, 4.69) is 5.32 Å². The fourth-order valence-corrected chi connectivity index (χ4v) is 3.70. The second-order valence-corrected chi connectivity index (χ2v) is 7.47. The summed E-state index contributed by atoms with van der Waals surface area (Å²) >= 11 is 0. The normalized spacial score (nSPS) is 27.1. The maximum atomic E-state index is 11.5. The molecular formula is C12H25NO4S. The molecule has 3 unspecified atom stereocenters. The van der Waals surface area contributed by atoms with Crippen LogP contribution in [0.4, 0.5) is 0 Å². The van der Waals surface area contributed by atoms with Gasteiger partial charge in [-0.25, -0.2) is 8.42 Å². The molecule has 0 aromatic heterocycles. The average molecular weight is 279 g/mol. The second-order valence-electron chi connectivity index (χ2n) is 5.14. The third kappa shape index (κ3) is 5.22. The Balaban J connectivity index is 2.36. The SMILES string of the molecule is COCCNCC(O)C1CCCC(S(C)(=O)=O)C1. The molecule has 1 aliphatic rings. The molecule has 0 aliphatic heterocycles. The molecule has 0 spiro atoms. The van der Waals surface area contributed by atoms with Crippen molar-refractivity contribution in [2.24, 2.45) is 5.92 Å². The van der Waals surface area contributed by atoms with Crippen LogP contribution in [-0.4, -0.2) is 57.9 Å². The van der Waals surface area contributed by atoms with Gasteiger partial charge in [-0.1, -0.05) is 6.42 Å².